The van der Waals surface area contributed by atoms with E-state index < -0.39 is 12.0 Å². The van der Waals surface area contributed by atoms with Crippen molar-refractivity contribution in [3.05, 3.63) is 88.4 Å². The molecule has 214 valence electrons. The van der Waals surface area contributed by atoms with Crippen molar-refractivity contribution in [1.29, 1.82) is 0 Å². The normalized spacial score (nSPS) is 11.7. The Kier molecular flexibility index (Phi) is 9.07. The lowest BCUT2D eigenvalue weighted by Gasteiger charge is -2.19. The van der Waals surface area contributed by atoms with Gasteiger partial charge in [-0.1, -0.05) is 18.2 Å². The van der Waals surface area contributed by atoms with E-state index in [1.807, 2.05) is 74.9 Å². The second kappa shape index (κ2) is 12.7. The van der Waals surface area contributed by atoms with Crippen molar-refractivity contribution in [2.75, 3.05) is 12.4 Å². The Hall–Kier alpha value is -4.66. The van der Waals surface area contributed by atoms with Gasteiger partial charge in [0.05, 0.1) is 5.69 Å². The highest BCUT2D eigenvalue weighted by Crippen LogP contribution is 2.28. The number of rotatable bonds is 11. The van der Waals surface area contributed by atoms with E-state index in [4.69, 9.17) is 9.84 Å². The second-order valence-corrected chi connectivity index (χ2v) is 10.3. The standard InChI is InChI=1S/C32H36N4O5/c1-19-17-36(28-16-25(32(40)33-5)12-13-26(19)28)22(4)31(39)35-27-15-23(10-11-24(27)7-6-8-30(37)38)18-41-29-14-9-20(2)34-21(29)3/h9-17,22H,6-8,18H2,1-5H3,(H,33,40)(H,35,39)(H,37,38). The number of ether oxygens (including phenoxy) is 1. The Balaban J connectivity index is 1.59. The highest BCUT2D eigenvalue weighted by atomic mass is 16.5. The zero-order chi connectivity index (χ0) is 29.7. The summed E-state index contributed by atoms with van der Waals surface area (Å²) in [5, 5.41) is 15.8. The highest BCUT2D eigenvalue weighted by molar-refractivity contribution is 6.00. The molecule has 9 nitrogen and oxygen atoms in total. The van der Waals surface area contributed by atoms with Gasteiger partial charge in [-0.25, -0.2) is 0 Å². The molecule has 2 aromatic carbocycles. The number of aromatic nitrogens is 2. The minimum Gasteiger partial charge on any atom is -0.487 e. The zero-order valence-corrected chi connectivity index (χ0v) is 24.1. The van der Waals surface area contributed by atoms with Crippen LogP contribution in [0.2, 0.25) is 0 Å². The predicted molar refractivity (Wildman–Crippen MR) is 158 cm³/mol. The number of benzene rings is 2. The maximum absolute atomic E-state index is 13.6. The summed E-state index contributed by atoms with van der Waals surface area (Å²) in [5.41, 5.74) is 6.33. The van der Waals surface area contributed by atoms with Crippen LogP contribution >= 0.6 is 0 Å². The van der Waals surface area contributed by atoms with Crippen molar-refractivity contribution in [1.82, 2.24) is 14.9 Å². The van der Waals surface area contributed by atoms with Gasteiger partial charge in [-0.05, 0) is 87.6 Å². The Morgan fingerprint density at radius 3 is 2.54 bits per heavy atom. The quantitative estimate of drug-likeness (QED) is 0.224. The van der Waals surface area contributed by atoms with E-state index >= 15 is 0 Å². The third-order valence-electron chi connectivity index (χ3n) is 7.16. The van der Waals surface area contributed by atoms with Crippen LogP contribution in [0.3, 0.4) is 0 Å². The van der Waals surface area contributed by atoms with Gasteiger partial charge in [0.15, 0.2) is 0 Å². The van der Waals surface area contributed by atoms with Crippen LogP contribution < -0.4 is 15.4 Å². The number of nitrogens with zero attached hydrogens (tertiary/aromatic N) is 2. The molecule has 2 amide bonds. The van der Waals surface area contributed by atoms with Crippen LogP contribution in [0.25, 0.3) is 10.9 Å². The van der Waals surface area contributed by atoms with Crippen LogP contribution in [0.1, 0.15) is 64.2 Å². The zero-order valence-electron chi connectivity index (χ0n) is 24.1. The van der Waals surface area contributed by atoms with Crippen LogP contribution in [-0.4, -0.2) is 39.5 Å². The molecule has 0 spiro atoms. The average molecular weight is 557 g/mol. The molecule has 0 aliphatic rings. The molecule has 1 unspecified atom stereocenters. The number of hydrogen-bond donors (Lipinski definition) is 3. The molecule has 4 aromatic rings. The Morgan fingerprint density at radius 1 is 1.05 bits per heavy atom. The van der Waals surface area contributed by atoms with Crippen LogP contribution in [0.5, 0.6) is 5.75 Å². The van der Waals surface area contributed by atoms with E-state index in [9.17, 15) is 14.4 Å². The molecule has 0 saturated carbocycles. The van der Waals surface area contributed by atoms with Gasteiger partial charge in [-0.2, -0.15) is 0 Å². The molecule has 0 aliphatic heterocycles. The third-order valence-corrected chi connectivity index (χ3v) is 7.16. The van der Waals surface area contributed by atoms with Gasteiger partial charge in [-0.15, -0.1) is 0 Å². The van der Waals surface area contributed by atoms with Crippen molar-refractivity contribution in [2.24, 2.45) is 0 Å². The van der Waals surface area contributed by atoms with Gasteiger partial charge in [-0.3, -0.25) is 19.4 Å². The van der Waals surface area contributed by atoms with Crippen molar-refractivity contribution < 1.29 is 24.2 Å². The molecule has 2 aromatic heterocycles. The Labute approximate surface area is 239 Å². The minimum absolute atomic E-state index is 0.0383. The fourth-order valence-corrected chi connectivity index (χ4v) is 4.86. The molecule has 4 rings (SSSR count). The fraction of sp³-hybridized carbons (Fsp3) is 0.312. The maximum Gasteiger partial charge on any atom is 0.303 e. The van der Waals surface area contributed by atoms with Crippen molar-refractivity contribution in [3.63, 3.8) is 0 Å². The molecule has 0 radical (unpaired) electrons. The summed E-state index contributed by atoms with van der Waals surface area (Å²) in [7, 11) is 1.58. The van der Waals surface area contributed by atoms with Gasteiger partial charge in [0.2, 0.25) is 5.91 Å². The van der Waals surface area contributed by atoms with E-state index in [1.54, 1.807) is 19.2 Å². The topological polar surface area (TPSA) is 123 Å². The first-order chi connectivity index (χ1) is 19.6. The summed E-state index contributed by atoms with van der Waals surface area (Å²) >= 11 is 0. The van der Waals surface area contributed by atoms with Gasteiger partial charge < -0.3 is 25.0 Å². The lowest BCUT2D eigenvalue weighted by Crippen LogP contribution is -2.24. The van der Waals surface area contributed by atoms with E-state index in [1.165, 1.54) is 0 Å². The summed E-state index contributed by atoms with van der Waals surface area (Å²) in [6, 6.07) is 14.4. The number of carbonyl (C=O) groups excluding carboxylic acids is 2. The molecule has 3 N–H and O–H groups in total. The number of aryl methyl sites for hydroxylation is 4. The van der Waals surface area contributed by atoms with Crippen LogP contribution in [0.15, 0.2) is 54.7 Å². The van der Waals surface area contributed by atoms with Gasteiger partial charge in [0.25, 0.3) is 5.91 Å². The number of amides is 2. The van der Waals surface area contributed by atoms with Crippen LogP contribution in [0.4, 0.5) is 5.69 Å². The number of anilines is 1. The number of fused-ring (bicyclic) bond motifs is 1. The third kappa shape index (κ3) is 6.92. The van der Waals surface area contributed by atoms with E-state index in [-0.39, 0.29) is 24.8 Å². The molecule has 41 heavy (non-hydrogen) atoms. The molecule has 9 heteroatoms. The average Bonchev–Trinajstić information content (AvgIpc) is 3.27. The van der Waals surface area contributed by atoms with E-state index in [0.29, 0.717) is 29.8 Å². The molecular formula is C32H36N4O5. The van der Waals surface area contributed by atoms with Crippen LogP contribution in [-0.2, 0) is 22.6 Å². The smallest absolute Gasteiger partial charge is 0.303 e. The Morgan fingerprint density at radius 2 is 1.83 bits per heavy atom. The number of carboxylic acid groups (broad SMARTS) is 1. The molecule has 0 saturated heterocycles. The number of pyridine rings is 1. The molecule has 0 aliphatic carbocycles. The summed E-state index contributed by atoms with van der Waals surface area (Å²) in [4.78, 5) is 41.4. The minimum atomic E-state index is -0.859. The molecular weight excluding hydrogens is 520 g/mol. The lowest BCUT2D eigenvalue weighted by molar-refractivity contribution is -0.137. The number of nitrogens with one attached hydrogen (secondary N) is 2. The molecule has 2 heterocycles. The first-order valence-corrected chi connectivity index (χ1v) is 13.6. The number of aliphatic carboxylic acids is 1. The number of hydrogen-bond acceptors (Lipinski definition) is 5. The lowest BCUT2D eigenvalue weighted by atomic mass is 10.0. The predicted octanol–water partition coefficient (Wildman–Crippen LogP) is 5.51. The van der Waals surface area contributed by atoms with Crippen molar-refractivity contribution in [3.8, 4) is 5.75 Å². The van der Waals surface area contributed by atoms with E-state index in [0.717, 1.165) is 39.0 Å². The number of carboxylic acids is 1. The SMILES string of the molecule is CNC(=O)c1ccc2c(C)cn(C(C)C(=O)Nc3cc(COc4ccc(C)nc4C)ccc3CCCC(=O)O)c2c1. The maximum atomic E-state index is 13.6. The Bertz CT molecular complexity index is 1610. The summed E-state index contributed by atoms with van der Waals surface area (Å²) < 4.78 is 7.88. The summed E-state index contributed by atoms with van der Waals surface area (Å²) in [6.45, 7) is 7.88. The summed E-state index contributed by atoms with van der Waals surface area (Å²) in [5.74, 6) is -0.604. The van der Waals surface area contributed by atoms with Crippen LogP contribution in [0, 0.1) is 20.8 Å². The summed E-state index contributed by atoms with van der Waals surface area (Å²) in [6.07, 6.45) is 2.90. The van der Waals surface area contributed by atoms with Crippen molar-refractivity contribution >= 4 is 34.4 Å². The van der Waals surface area contributed by atoms with Gasteiger partial charge in [0, 0.05) is 47.5 Å². The van der Waals surface area contributed by atoms with Gasteiger partial charge >= 0.3 is 5.97 Å². The highest BCUT2D eigenvalue weighted by Gasteiger charge is 2.20. The second-order valence-electron chi connectivity index (χ2n) is 10.3. The number of carbonyl (C=O) groups is 3. The van der Waals surface area contributed by atoms with Gasteiger partial charge in [0.1, 0.15) is 18.4 Å². The first kappa shape index (κ1) is 29.3. The molecule has 0 bridgehead atoms. The fourth-order valence-electron chi connectivity index (χ4n) is 4.86. The molecule has 0 fully saturated rings. The molecule has 1 atom stereocenters. The van der Waals surface area contributed by atoms with Crippen molar-refractivity contribution in [2.45, 2.75) is 59.6 Å². The van der Waals surface area contributed by atoms with E-state index in [2.05, 4.69) is 15.6 Å². The first-order valence-electron chi connectivity index (χ1n) is 13.6. The monoisotopic (exact) mass is 556 g/mol. The largest absolute Gasteiger partial charge is 0.487 e.